The lowest BCUT2D eigenvalue weighted by Gasteiger charge is -2.56. The second-order valence-corrected chi connectivity index (χ2v) is 11.3. The third-order valence-corrected chi connectivity index (χ3v) is 8.58. The molecule has 2 bridgehead atoms. The Morgan fingerprint density at radius 3 is 2.68 bits per heavy atom. The van der Waals surface area contributed by atoms with Crippen molar-refractivity contribution in [2.45, 2.75) is 50.7 Å². The van der Waals surface area contributed by atoms with Gasteiger partial charge in [0.05, 0.1) is 35.8 Å². The number of aromatic carboxylic acids is 1. The molecule has 4 aromatic rings. The number of fused-ring (bicyclic) bond motifs is 3. The Bertz CT molecular complexity index is 1610. The van der Waals surface area contributed by atoms with E-state index in [0.29, 0.717) is 41.6 Å². The number of benzene rings is 2. The van der Waals surface area contributed by atoms with E-state index in [9.17, 15) is 14.3 Å². The van der Waals surface area contributed by atoms with Gasteiger partial charge in [-0.1, -0.05) is 23.7 Å². The number of carboxylic acid groups (broad SMARTS) is 1. The van der Waals surface area contributed by atoms with Gasteiger partial charge in [0.2, 0.25) is 5.88 Å². The topological polar surface area (TPSA) is 93.0 Å². The first-order valence-corrected chi connectivity index (χ1v) is 14.2. The third kappa shape index (κ3) is 5.11. The van der Waals surface area contributed by atoms with Crippen LogP contribution in [0.1, 0.15) is 34.6 Å². The fraction of sp³-hybridized carbons (Fsp3) is 0.367. The highest BCUT2D eigenvalue weighted by molar-refractivity contribution is 6.30. The van der Waals surface area contributed by atoms with Crippen molar-refractivity contribution in [3.8, 4) is 5.88 Å². The van der Waals surface area contributed by atoms with Crippen LogP contribution in [0.3, 0.4) is 0 Å². The lowest BCUT2D eigenvalue weighted by atomic mass is 9.87. The number of carbonyl (C=O) groups is 1. The van der Waals surface area contributed by atoms with Crippen LogP contribution in [0, 0.1) is 5.82 Å². The second kappa shape index (κ2) is 10.6. The zero-order chi connectivity index (χ0) is 28.1. The van der Waals surface area contributed by atoms with E-state index in [4.69, 9.17) is 31.0 Å². The molecule has 6 heterocycles. The molecule has 0 saturated carbocycles. The molecule has 0 spiro atoms. The molecule has 212 valence electrons. The molecule has 8 rings (SSSR count). The van der Waals surface area contributed by atoms with Gasteiger partial charge in [0.15, 0.2) is 0 Å². The molecule has 0 radical (unpaired) electrons. The van der Waals surface area contributed by atoms with Crippen LogP contribution < -0.4 is 9.64 Å². The first-order valence-electron chi connectivity index (χ1n) is 13.8. The maximum absolute atomic E-state index is 14.1. The van der Waals surface area contributed by atoms with Crippen LogP contribution in [0.4, 0.5) is 10.2 Å². The fourth-order valence-corrected chi connectivity index (χ4v) is 6.17. The number of rotatable bonds is 9. The number of halogens is 2. The average Bonchev–Trinajstić information content (AvgIpc) is 3.29. The van der Waals surface area contributed by atoms with Gasteiger partial charge in [-0.15, -0.1) is 0 Å². The number of ether oxygens (including phenoxy) is 2. The first kappa shape index (κ1) is 26.2. The molecule has 4 fully saturated rings. The molecule has 2 aromatic heterocycles. The predicted molar refractivity (Wildman–Crippen MR) is 151 cm³/mol. The van der Waals surface area contributed by atoms with Crippen molar-refractivity contribution in [1.82, 2.24) is 19.4 Å². The number of piperidine rings is 1. The van der Waals surface area contributed by atoms with Gasteiger partial charge in [0.25, 0.3) is 0 Å². The monoisotopic (exact) mass is 577 g/mol. The van der Waals surface area contributed by atoms with Crippen LogP contribution in [-0.2, 0) is 24.4 Å². The lowest BCUT2D eigenvalue weighted by molar-refractivity contribution is -0.0601. The number of carboxylic acids is 1. The van der Waals surface area contributed by atoms with E-state index in [0.717, 1.165) is 55.2 Å². The zero-order valence-corrected chi connectivity index (χ0v) is 23.0. The summed E-state index contributed by atoms with van der Waals surface area (Å²) in [4.78, 5) is 26.0. The minimum atomic E-state index is -0.946. The number of piperazine rings is 1. The maximum atomic E-state index is 14.1. The second-order valence-electron chi connectivity index (χ2n) is 10.9. The van der Waals surface area contributed by atoms with Crippen molar-refractivity contribution in [2.75, 3.05) is 24.6 Å². The van der Waals surface area contributed by atoms with Crippen molar-refractivity contribution in [3.05, 3.63) is 82.4 Å². The smallest absolute Gasteiger partial charge is 0.335 e. The van der Waals surface area contributed by atoms with E-state index < -0.39 is 11.8 Å². The summed E-state index contributed by atoms with van der Waals surface area (Å²) in [7, 11) is 0. The largest absolute Gasteiger partial charge is 0.478 e. The molecule has 1 N–H and O–H groups in total. The number of nitrogens with zero attached hydrogens (tertiary/aromatic N) is 5. The minimum Gasteiger partial charge on any atom is -0.478 e. The van der Waals surface area contributed by atoms with Gasteiger partial charge < -0.3 is 24.0 Å². The Morgan fingerprint density at radius 1 is 1.12 bits per heavy atom. The van der Waals surface area contributed by atoms with Crippen molar-refractivity contribution in [1.29, 1.82) is 0 Å². The van der Waals surface area contributed by atoms with Crippen LogP contribution in [0.15, 0.2) is 54.6 Å². The summed E-state index contributed by atoms with van der Waals surface area (Å²) in [6.07, 6.45) is 2.23. The summed E-state index contributed by atoms with van der Waals surface area (Å²) in [6.45, 7) is 3.84. The number of hydrogen-bond acceptors (Lipinski definition) is 7. The van der Waals surface area contributed by atoms with Crippen LogP contribution >= 0.6 is 11.6 Å². The standard InChI is InChI=1S/C30H29ClFN5O4/c31-20-6-4-19(24(32)11-20)17-41-29-3-1-2-27(34-29)35-13-21-12-22(14-35)36(21)16-28-33-25-7-5-18(30(38)39)10-26(25)37(28)15-23-8-9-40-23/h1-7,10-11,21-23H,8-9,12-17H2,(H,38,39)/t21-,22-,23+/m1/s1. The summed E-state index contributed by atoms with van der Waals surface area (Å²) in [5, 5.41) is 9.87. The van der Waals surface area contributed by atoms with Crippen LogP contribution in [0.5, 0.6) is 5.88 Å². The number of aromatic nitrogens is 3. The molecule has 4 aliphatic rings. The van der Waals surface area contributed by atoms with Gasteiger partial charge in [-0.25, -0.2) is 14.2 Å². The predicted octanol–water partition coefficient (Wildman–Crippen LogP) is 4.75. The Morgan fingerprint density at radius 2 is 1.95 bits per heavy atom. The van der Waals surface area contributed by atoms with E-state index in [1.807, 2.05) is 12.1 Å². The van der Waals surface area contributed by atoms with Crippen molar-refractivity contribution < 1.29 is 23.8 Å². The highest BCUT2D eigenvalue weighted by Crippen LogP contribution is 2.36. The first-order chi connectivity index (χ1) is 19.9. The molecular weight excluding hydrogens is 549 g/mol. The Labute approximate surface area is 241 Å². The Hall–Kier alpha value is -3.73. The molecule has 0 unspecified atom stereocenters. The molecule has 4 aliphatic heterocycles. The molecular formula is C30H29ClFN5O4. The molecule has 0 aliphatic carbocycles. The van der Waals surface area contributed by atoms with Crippen molar-refractivity contribution in [2.24, 2.45) is 0 Å². The Kier molecular flexibility index (Phi) is 6.76. The van der Waals surface area contributed by atoms with Gasteiger partial charge in [0, 0.05) is 48.4 Å². The summed E-state index contributed by atoms with van der Waals surface area (Å²) < 4.78 is 27.8. The van der Waals surface area contributed by atoms with Crippen LogP contribution in [-0.4, -0.2) is 68.4 Å². The number of anilines is 1. The SMILES string of the molecule is O=C(O)c1ccc2nc(CN3[C@@H]4C[C@@H]3CN(c3cccc(OCc5ccc(Cl)cc5F)n3)C4)n(C[C@@H]3CCO3)c2c1. The van der Waals surface area contributed by atoms with E-state index >= 15 is 0 Å². The van der Waals surface area contributed by atoms with E-state index in [2.05, 4.69) is 14.4 Å². The normalized spacial score (nSPS) is 21.9. The molecule has 41 heavy (non-hydrogen) atoms. The van der Waals surface area contributed by atoms with Gasteiger partial charge in [-0.2, -0.15) is 4.98 Å². The van der Waals surface area contributed by atoms with Crippen LogP contribution in [0.25, 0.3) is 11.0 Å². The van der Waals surface area contributed by atoms with E-state index in [1.54, 1.807) is 36.4 Å². The number of pyridine rings is 1. The van der Waals surface area contributed by atoms with Gasteiger partial charge in [-0.3, -0.25) is 4.90 Å². The number of hydrogen-bond donors (Lipinski definition) is 1. The quantitative estimate of drug-likeness (QED) is 0.305. The summed E-state index contributed by atoms with van der Waals surface area (Å²) >= 11 is 5.85. The molecule has 0 amide bonds. The highest BCUT2D eigenvalue weighted by atomic mass is 35.5. The molecule has 2 aromatic carbocycles. The maximum Gasteiger partial charge on any atom is 0.335 e. The van der Waals surface area contributed by atoms with Crippen molar-refractivity contribution >= 4 is 34.4 Å². The van der Waals surface area contributed by atoms with Gasteiger partial charge in [-0.05, 0) is 49.2 Å². The molecule has 3 atom stereocenters. The van der Waals surface area contributed by atoms with Gasteiger partial charge in [0.1, 0.15) is 24.1 Å². The minimum absolute atomic E-state index is 0.0688. The van der Waals surface area contributed by atoms with E-state index in [1.165, 1.54) is 6.07 Å². The average molecular weight is 578 g/mol. The summed E-state index contributed by atoms with van der Waals surface area (Å²) in [5.41, 5.74) is 2.32. The molecule has 9 nitrogen and oxygen atoms in total. The summed E-state index contributed by atoms with van der Waals surface area (Å²) in [5.74, 6) is 0.869. The fourth-order valence-electron chi connectivity index (χ4n) is 6.01. The van der Waals surface area contributed by atoms with E-state index in [-0.39, 0.29) is 18.3 Å². The number of imidazole rings is 1. The highest BCUT2D eigenvalue weighted by Gasteiger charge is 2.45. The third-order valence-electron chi connectivity index (χ3n) is 8.35. The van der Waals surface area contributed by atoms with Crippen molar-refractivity contribution in [3.63, 3.8) is 0 Å². The molecule has 4 saturated heterocycles. The van der Waals surface area contributed by atoms with Gasteiger partial charge >= 0.3 is 5.97 Å². The summed E-state index contributed by atoms with van der Waals surface area (Å²) in [6, 6.07) is 16.0. The molecule has 11 heteroatoms. The zero-order valence-electron chi connectivity index (χ0n) is 22.2. The van der Waals surface area contributed by atoms with Crippen LogP contribution in [0.2, 0.25) is 5.02 Å². The Balaban J connectivity index is 1.04. The lowest BCUT2D eigenvalue weighted by Crippen LogP contribution is -2.68.